The molecule has 0 radical (unpaired) electrons. The van der Waals surface area contributed by atoms with Gasteiger partial charge in [0.25, 0.3) is 0 Å². The molecular weight excluding hydrogens is 242 g/mol. The van der Waals surface area contributed by atoms with Gasteiger partial charge in [-0.15, -0.1) is 0 Å². The zero-order chi connectivity index (χ0) is 13.7. The number of carbonyl (C=O) groups is 1. The van der Waals surface area contributed by atoms with Gasteiger partial charge in [-0.05, 0) is 38.5 Å². The summed E-state index contributed by atoms with van der Waals surface area (Å²) in [5, 5.41) is 12.5. The monoisotopic (exact) mass is 269 g/mol. The fourth-order valence-corrected chi connectivity index (χ4v) is 3.47. The molecule has 1 heterocycles. The first-order valence-electron chi connectivity index (χ1n) is 7.66. The van der Waals surface area contributed by atoms with E-state index in [1.807, 2.05) is 6.92 Å². The van der Waals surface area contributed by atoms with E-state index in [-0.39, 0.29) is 12.6 Å². The van der Waals surface area contributed by atoms with Gasteiger partial charge < -0.3 is 14.6 Å². The largest absolute Gasteiger partial charge is 0.396 e. The molecule has 0 bridgehead atoms. The van der Waals surface area contributed by atoms with Crippen LogP contribution in [0.15, 0.2) is 0 Å². The van der Waals surface area contributed by atoms with Gasteiger partial charge >= 0.3 is 0 Å². The van der Waals surface area contributed by atoms with Gasteiger partial charge in [-0.2, -0.15) is 0 Å². The Kier molecular flexibility index (Phi) is 5.37. The number of aliphatic hydroxyl groups excluding tert-OH is 1. The van der Waals surface area contributed by atoms with E-state index in [4.69, 9.17) is 9.84 Å². The van der Waals surface area contributed by atoms with Crippen LogP contribution in [0.5, 0.6) is 0 Å². The molecule has 0 aromatic heterocycles. The van der Waals surface area contributed by atoms with Crippen LogP contribution in [0, 0.1) is 5.92 Å². The molecule has 1 saturated heterocycles. The van der Waals surface area contributed by atoms with Gasteiger partial charge in [-0.1, -0.05) is 19.3 Å². The number of morpholine rings is 1. The summed E-state index contributed by atoms with van der Waals surface area (Å²) < 4.78 is 6.03. The SMILES string of the molecule is CC1(CCCO)OCC(C2CCCCC2)NC1C=O. The van der Waals surface area contributed by atoms with E-state index in [2.05, 4.69) is 5.32 Å². The third-order valence-electron chi connectivity index (χ3n) is 4.83. The number of rotatable bonds is 5. The maximum atomic E-state index is 11.4. The number of hydrogen-bond donors (Lipinski definition) is 2. The second-order valence-corrected chi connectivity index (χ2v) is 6.24. The van der Waals surface area contributed by atoms with Crippen molar-refractivity contribution in [2.45, 2.75) is 69.6 Å². The Bertz CT molecular complexity index is 291. The van der Waals surface area contributed by atoms with E-state index in [1.165, 1.54) is 32.1 Å². The second-order valence-electron chi connectivity index (χ2n) is 6.24. The number of ether oxygens (including phenoxy) is 1. The minimum Gasteiger partial charge on any atom is -0.396 e. The van der Waals surface area contributed by atoms with Crippen LogP contribution in [-0.2, 0) is 9.53 Å². The van der Waals surface area contributed by atoms with Crippen molar-refractivity contribution in [1.82, 2.24) is 5.32 Å². The van der Waals surface area contributed by atoms with Crippen molar-refractivity contribution >= 4 is 6.29 Å². The van der Waals surface area contributed by atoms with Crippen LogP contribution < -0.4 is 5.32 Å². The molecule has 0 spiro atoms. The number of hydrogen-bond acceptors (Lipinski definition) is 4. The van der Waals surface area contributed by atoms with E-state index in [0.29, 0.717) is 25.0 Å². The van der Waals surface area contributed by atoms with Crippen LogP contribution in [0.2, 0.25) is 0 Å². The lowest BCUT2D eigenvalue weighted by molar-refractivity contribution is -0.137. The van der Waals surface area contributed by atoms with Crippen LogP contribution in [-0.4, -0.2) is 42.3 Å². The standard InChI is InChI=1S/C15H27NO3/c1-15(8-5-9-17)14(10-18)16-13(11-19-15)12-6-3-2-4-7-12/h10,12-14,16-17H,2-9,11H2,1H3. The minimum absolute atomic E-state index is 0.149. The van der Waals surface area contributed by atoms with Crippen molar-refractivity contribution in [3.63, 3.8) is 0 Å². The summed E-state index contributed by atoms with van der Waals surface area (Å²) in [6.45, 7) is 2.82. The molecule has 110 valence electrons. The number of aliphatic hydroxyl groups is 1. The Labute approximate surface area is 115 Å². The van der Waals surface area contributed by atoms with Crippen LogP contribution in [0.3, 0.4) is 0 Å². The lowest BCUT2D eigenvalue weighted by Gasteiger charge is -2.45. The van der Waals surface area contributed by atoms with Gasteiger partial charge in [-0.3, -0.25) is 5.32 Å². The molecule has 4 nitrogen and oxygen atoms in total. The zero-order valence-electron chi connectivity index (χ0n) is 11.9. The molecule has 19 heavy (non-hydrogen) atoms. The summed E-state index contributed by atoms with van der Waals surface area (Å²) in [4.78, 5) is 11.4. The Balaban J connectivity index is 1.94. The highest BCUT2D eigenvalue weighted by atomic mass is 16.5. The maximum Gasteiger partial charge on any atom is 0.139 e. The van der Waals surface area contributed by atoms with Gasteiger partial charge in [0.1, 0.15) is 6.29 Å². The zero-order valence-corrected chi connectivity index (χ0v) is 11.9. The predicted octanol–water partition coefficient (Wildman–Crippen LogP) is 1.65. The molecule has 2 N–H and O–H groups in total. The van der Waals surface area contributed by atoms with Crippen LogP contribution >= 0.6 is 0 Å². The lowest BCUT2D eigenvalue weighted by atomic mass is 9.81. The van der Waals surface area contributed by atoms with E-state index in [9.17, 15) is 4.79 Å². The Morgan fingerprint density at radius 3 is 2.74 bits per heavy atom. The van der Waals surface area contributed by atoms with E-state index >= 15 is 0 Å². The average molecular weight is 269 g/mol. The van der Waals surface area contributed by atoms with E-state index in [0.717, 1.165) is 12.7 Å². The van der Waals surface area contributed by atoms with Gasteiger partial charge in [0.05, 0.1) is 18.2 Å². The minimum atomic E-state index is -0.463. The molecule has 3 atom stereocenters. The van der Waals surface area contributed by atoms with E-state index < -0.39 is 5.60 Å². The molecule has 2 fully saturated rings. The summed E-state index contributed by atoms with van der Waals surface area (Å²) in [5.74, 6) is 0.651. The number of nitrogens with one attached hydrogen (secondary N) is 1. The Morgan fingerprint density at radius 2 is 2.11 bits per heavy atom. The smallest absolute Gasteiger partial charge is 0.139 e. The van der Waals surface area contributed by atoms with Crippen molar-refractivity contribution in [1.29, 1.82) is 0 Å². The van der Waals surface area contributed by atoms with Crippen molar-refractivity contribution in [2.24, 2.45) is 5.92 Å². The highest BCUT2D eigenvalue weighted by molar-refractivity contribution is 5.60. The fourth-order valence-electron chi connectivity index (χ4n) is 3.47. The molecular formula is C15H27NO3. The highest BCUT2D eigenvalue weighted by Gasteiger charge is 2.42. The molecule has 2 aliphatic rings. The number of aldehydes is 1. The van der Waals surface area contributed by atoms with Crippen LogP contribution in [0.25, 0.3) is 0 Å². The lowest BCUT2D eigenvalue weighted by Crippen LogP contribution is -2.63. The quantitative estimate of drug-likeness (QED) is 0.745. The molecule has 3 unspecified atom stereocenters. The van der Waals surface area contributed by atoms with Crippen molar-refractivity contribution in [2.75, 3.05) is 13.2 Å². The van der Waals surface area contributed by atoms with Crippen molar-refractivity contribution in [3.05, 3.63) is 0 Å². The van der Waals surface area contributed by atoms with Crippen molar-refractivity contribution < 1.29 is 14.6 Å². The molecule has 1 aliphatic carbocycles. The summed E-state index contributed by atoms with van der Waals surface area (Å²) >= 11 is 0. The van der Waals surface area contributed by atoms with Gasteiger partial charge in [0.15, 0.2) is 0 Å². The molecule has 1 saturated carbocycles. The normalized spacial score (nSPS) is 37.2. The van der Waals surface area contributed by atoms with Gasteiger partial charge in [-0.25, -0.2) is 0 Å². The predicted molar refractivity (Wildman–Crippen MR) is 74.0 cm³/mol. The van der Waals surface area contributed by atoms with E-state index in [1.54, 1.807) is 0 Å². The second kappa shape index (κ2) is 6.82. The Hall–Kier alpha value is -0.450. The number of carbonyl (C=O) groups excluding carboxylic acids is 1. The fraction of sp³-hybridized carbons (Fsp3) is 0.933. The van der Waals surface area contributed by atoms with Gasteiger partial charge in [0.2, 0.25) is 0 Å². The maximum absolute atomic E-state index is 11.4. The first kappa shape index (κ1) is 14.9. The van der Waals surface area contributed by atoms with Crippen molar-refractivity contribution in [3.8, 4) is 0 Å². The summed E-state index contributed by atoms with van der Waals surface area (Å²) in [6, 6.07) is 0.0671. The first-order valence-corrected chi connectivity index (χ1v) is 7.66. The third-order valence-corrected chi connectivity index (χ3v) is 4.83. The average Bonchev–Trinajstić information content (AvgIpc) is 2.46. The van der Waals surface area contributed by atoms with Gasteiger partial charge in [0, 0.05) is 12.6 Å². The molecule has 2 rings (SSSR count). The Morgan fingerprint density at radius 1 is 1.37 bits per heavy atom. The molecule has 0 amide bonds. The van der Waals surface area contributed by atoms with Crippen LogP contribution in [0.4, 0.5) is 0 Å². The molecule has 0 aromatic rings. The summed E-state index contributed by atoms with van der Waals surface area (Å²) in [6.07, 6.45) is 8.82. The summed E-state index contributed by atoms with van der Waals surface area (Å²) in [7, 11) is 0. The topological polar surface area (TPSA) is 58.6 Å². The first-order chi connectivity index (χ1) is 9.19. The molecule has 1 aliphatic heterocycles. The highest BCUT2D eigenvalue weighted by Crippen LogP contribution is 2.32. The third kappa shape index (κ3) is 3.56. The molecule has 0 aromatic carbocycles. The summed E-state index contributed by atoms with van der Waals surface area (Å²) in [5.41, 5.74) is -0.463. The molecule has 4 heteroatoms. The van der Waals surface area contributed by atoms with Crippen LogP contribution in [0.1, 0.15) is 51.9 Å².